The summed E-state index contributed by atoms with van der Waals surface area (Å²) in [5.41, 5.74) is 13.4. The van der Waals surface area contributed by atoms with Crippen molar-refractivity contribution >= 4 is 103 Å². The number of thiophene rings is 1. The molecule has 0 unspecified atom stereocenters. The molecule has 0 N–H and O–H groups in total. The van der Waals surface area contributed by atoms with Crippen molar-refractivity contribution in [1.82, 2.24) is 4.57 Å². The van der Waals surface area contributed by atoms with Crippen molar-refractivity contribution in [2.24, 2.45) is 0 Å². The van der Waals surface area contributed by atoms with E-state index in [0.717, 1.165) is 55.8 Å². The Morgan fingerprint density at radius 1 is 0.387 bits per heavy atom. The second-order valence-corrected chi connectivity index (χ2v) is 17.2. The number of rotatable bonds is 6. The first kappa shape index (κ1) is 34.9. The first-order valence-corrected chi connectivity index (χ1v) is 21.9. The fourth-order valence-electron chi connectivity index (χ4n) is 9.68. The predicted molar refractivity (Wildman–Crippen MR) is 264 cm³/mol. The van der Waals surface area contributed by atoms with E-state index in [9.17, 15) is 0 Å². The van der Waals surface area contributed by atoms with Crippen LogP contribution in [0.3, 0.4) is 0 Å². The quantitative estimate of drug-likeness (QED) is 0.167. The summed E-state index contributed by atoms with van der Waals surface area (Å²) >= 11 is 1.85. The van der Waals surface area contributed by atoms with Gasteiger partial charge in [-0.15, -0.1) is 11.3 Å². The molecule has 0 fully saturated rings. The maximum Gasteiger partial charge on any atom is 0.136 e. The molecule has 0 spiro atoms. The van der Waals surface area contributed by atoms with Crippen LogP contribution in [0.5, 0.6) is 0 Å². The van der Waals surface area contributed by atoms with E-state index in [0.29, 0.717) is 0 Å². The Hall–Kier alpha value is -7.92. The third kappa shape index (κ3) is 5.44. The molecule has 13 rings (SSSR count). The van der Waals surface area contributed by atoms with Gasteiger partial charge in [0.15, 0.2) is 0 Å². The number of para-hydroxylation sites is 2. The van der Waals surface area contributed by atoms with Gasteiger partial charge in [-0.2, -0.15) is 0 Å². The molecule has 0 aliphatic carbocycles. The number of hydrogen-bond donors (Lipinski definition) is 0. The van der Waals surface area contributed by atoms with E-state index in [1.54, 1.807) is 0 Å². The SMILES string of the molecule is c1ccc(-n2c3cc(-c4ccc(N(c5ccc(-c6ccc7c(c6)oc6ccccc67)cc5)c5cccc6sc7ccccc7c56)cc4)ccc3c3ccc4ccccc4c32)cc1. The maximum absolute atomic E-state index is 6.27. The highest BCUT2D eigenvalue weighted by Gasteiger charge is 2.20. The van der Waals surface area contributed by atoms with E-state index in [2.05, 4.69) is 216 Å². The molecular weight excluding hydrogens is 773 g/mol. The minimum atomic E-state index is 0.902. The number of nitrogens with zero attached hydrogens (tertiary/aromatic N) is 2. The summed E-state index contributed by atoms with van der Waals surface area (Å²) in [6.07, 6.45) is 0. The van der Waals surface area contributed by atoms with Crippen LogP contribution in [-0.4, -0.2) is 4.57 Å². The summed E-state index contributed by atoms with van der Waals surface area (Å²) in [4.78, 5) is 2.42. The van der Waals surface area contributed by atoms with E-state index in [-0.39, 0.29) is 0 Å². The highest BCUT2D eigenvalue weighted by Crippen LogP contribution is 2.46. The van der Waals surface area contributed by atoms with E-state index in [4.69, 9.17) is 4.42 Å². The third-order valence-electron chi connectivity index (χ3n) is 12.6. The second-order valence-electron chi connectivity index (χ2n) is 16.1. The molecule has 3 aromatic heterocycles. The summed E-state index contributed by atoms with van der Waals surface area (Å²) in [5.74, 6) is 0. The Balaban J connectivity index is 0.939. The van der Waals surface area contributed by atoms with Gasteiger partial charge in [-0.05, 0) is 107 Å². The highest BCUT2D eigenvalue weighted by atomic mass is 32.1. The molecule has 13 aromatic rings. The molecule has 0 atom stereocenters. The number of hydrogen-bond acceptors (Lipinski definition) is 3. The average Bonchev–Trinajstić information content (AvgIpc) is 4.02. The minimum Gasteiger partial charge on any atom is -0.456 e. The summed E-state index contributed by atoms with van der Waals surface area (Å²) < 4.78 is 11.3. The van der Waals surface area contributed by atoms with Gasteiger partial charge in [0.25, 0.3) is 0 Å². The van der Waals surface area contributed by atoms with Crippen LogP contribution in [0.25, 0.3) is 103 Å². The number of benzene rings is 10. The Morgan fingerprint density at radius 2 is 0.984 bits per heavy atom. The van der Waals surface area contributed by atoms with E-state index in [1.807, 2.05) is 23.5 Å². The number of anilines is 3. The summed E-state index contributed by atoms with van der Waals surface area (Å²) in [6, 6.07) is 79.3. The fourth-order valence-corrected chi connectivity index (χ4v) is 10.8. The zero-order valence-corrected chi connectivity index (χ0v) is 34.3. The molecule has 10 aromatic carbocycles. The average molecular weight is 809 g/mol. The van der Waals surface area contributed by atoms with E-state index < -0.39 is 0 Å². The molecule has 290 valence electrons. The zero-order chi connectivity index (χ0) is 40.7. The topological polar surface area (TPSA) is 21.3 Å². The van der Waals surface area contributed by atoms with Gasteiger partial charge in [0.05, 0.1) is 16.7 Å². The summed E-state index contributed by atoms with van der Waals surface area (Å²) in [7, 11) is 0. The molecule has 0 saturated carbocycles. The molecule has 0 saturated heterocycles. The van der Waals surface area contributed by atoms with Gasteiger partial charge in [-0.1, -0.05) is 140 Å². The standard InChI is InChI=1S/C58H36N2OS/c1-2-12-42(13-3-1)60-52-35-40(26-32-46(52)49-34-25-39-11-4-5-14-45(39)58(49)60)37-21-28-43(29-22-37)59(51-17-10-20-56-57(51)50-16-7-9-19-55(50)62-56)44-30-23-38(24-31-44)41-27-33-48-47-15-6-8-18-53(47)61-54(48)36-41/h1-36H. The van der Waals surface area contributed by atoms with Crippen molar-refractivity contribution in [3.63, 3.8) is 0 Å². The lowest BCUT2D eigenvalue weighted by Crippen LogP contribution is -2.10. The molecular formula is C58H36N2OS. The predicted octanol–water partition coefficient (Wildman–Crippen LogP) is 17.0. The van der Waals surface area contributed by atoms with Gasteiger partial charge in [0, 0.05) is 64.2 Å². The monoisotopic (exact) mass is 808 g/mol. The van der Waals surface area contributed by atoms with Crippen molar-refractivity contribution in [3.8, 4) is 27.9 Å². The molecule has 4 heteroatoms. The van der Waals surface area contributed by atoms with Crippen LogP contribution in [0.2, 0.25) is 0 Å². The first-order chi connectivity index (χ1) is 30.7. The first-order valence-electron chi connectivity index (χ1n) is 21.1. The van der Waals surface area contributed by atoms with Crippen LogP contribution in [0.1, 0.15) is 0 Å². The van der Waals surface area contributed by atoms with E-state index in [1.165, 1.54) is 63.9 Å². The lowest BCUT2D eigenvalue weighted by atomic mass is 10.0. The fraction of sp³-hybridized carbons (Fsp3) is 0. The molecule has 0 radical (unpaired) electrons. The van der Waals surface area contributed by atoms with Gasteiger partial charge in [0.1, 0.15) is 11.2 Å². The molecule has 3 nitrogen and oxygen atoms in total. The van der Waals surface area contributed by atoms with Crippen LogP contribution < -0.4 is 4.90 Å². The van der Waals surface area contributed by atoms with Gasteiger partial charge < -0.3 is 13.9 Å². The van der Waals surface area contributed by atoms with Gasteiger partial charge >= 0.3 is 0 Å². The van der Waals surface area contributed by atoms with E-state index >= 15 is 0 Å². The van der Waals surface area contributed by atoms with Crippen molar-refractivity contribution < 1.29 is 4.42 Å². The molecule has 0 aliphatic rings. The Kier molecular flexibility index (Phi) is 7.78. The lowest BCUT2D eigenvalue weighted by molar-refractivity contribution is 0.669. The van der Waals surface area contributed by atoms with Gasteiger partial charge in [-0.25, -0.2) is 0 Å². The van der Waals surface area contributed by atoms with Crippen molar-refractivity contribution in [1.29, 1.82) is 0 Å². The Labute approximate surface area is 361 Å². The molecule has 0 amide bonds. The van der Waals surface area contributed by atoms with Crippen molar-refractivity contribution in [2.75, 3.05) is 4.90 Å². The zero-order valence-electron chi connectivity index (χ0n) is 33.5. The Bertz CT molecular complexity index is 3860. The maximum atomic E-state index is 6.27. The van der Waals surface area contributed by atoms with Gasteiger partial charge in [-0.3, -0.25) is 0 Å². The Morgan fingerprint density at radius 3 is 1.77 bits per heavy atom. The van der Waals surface area contributed by atoms with Crippen molar-refractivity contribution in [2.45, 2.75) is 0 Å². The second kappa shape index (κ2) is 13.8. The summed E-state index contributed by atoms with van der Waals surface area (Å²) in [6.45, 7) is 0. The van der Waals surface area contributed by atoms with Crippen LogP contribution in [0.15, 0.2) is 223 Å². The summed E-state index contributed by atoms with van der Waals surface area (Å²) in [5, 5.41) is 9.83. The largest absolute Gasteiger partial charge is 0.456 e. The van der Waals surface area contributed by atoms with Crippen LogP contribution in [-0.2, 0) is 0 Å². The highest BCUT2D eigenvalue weighted by molar-refractivity contribution is 7.26. The number of furan rings is 1. The third-order valence-corrected chi connectivity index (χ3v) is 13.7. The molecule has 0 aliphatic heterocycles. The number of aromatic nitrogens is 1. The molecule has 0 bridgehead atoms. The van der Waals surface area contributed by atoms with Crippen LogP contribution in [0.4, 0.5) is 17.1 Å². The minimum absolute atomic E-state index is 0.902. The molecule has 3 heterocycles. The number of fused-ring (bicyclic) bond motifs is 11. The normalized spacial score (nSPS) is 11.9. The smallest absolute Gasteiger partial charge is 0.136 e. The van der Waals surface area contributed by atoms with Crippen molar-refractivity contribution in [3.05, 3.63) is 218 Å². The molecule has 62 heavy (non-hydrogen) atoms. The van der Waals surface area contributed by atoms with Crippen LogP contribution in [0, 0.1) is 0 Å². The van der Waals surface area contributed by atoms with Crippen LogP contribution >= 0.6 is 11.3 Å². The van der Waals surface area contributed by atoms with Gasteiger partial charge in [0.2, 0.25) is 0 Å². The lowest BCUT2D eigenvalue weighted by Gasteiger charge is -2.27.